The van der Waals surface area contributed by atoms with Gasteiger partial charge >= 0.3 is 6.18 Å². The number of alkyl halides is 4. The van der Waals surface area contributed by atoms with Crippen LogP contribution in [-0.2, 0) is 10.0 Å². The molecular weight excluding hydrogens is 291 g/mol. The van der Waals surface area contributed by atoms with Crippen LogP contribution in [0, 0.1) is 5.92 Å². The molecule has 0 aromatic carbocycles. The lowest BCUT2D eigenvalue weighted by Gasteiger charge is -2.14. The highest BCUT2D eigenvalue weighted by atomic mass is 35.5. The number of hydrogen-bond acceptors (Lipinski definition) is 2. The maximum atomic E-state index is 11.9. The van der Waals surface area contributed by atoms with Gasteiger partial charge in [0.1, 0.15) is 0 Å². The van der Waals surface area contributed by atoms with E-state index in [4.69, 9.17) is 11.6 Å². The van der Waals surface area contributed by atoms with Crippen LogP contribution in [0.3, 0.4) is 0 Å². The molecule has 0 saturated heterocycles. The minimum absolute atomic E-state index is 0.125. The molecule has 0 radical (unpaired) electrons. The smallest absolute Gasteiger partial charge is 0.215 e. The van der Waals surface area contributed by atoms with Crippen LogP contribution in [0.2, 0.25) is 0 Å². The summed E-state index contributed by atoms with van der Waals surface area (Å²) in [5.74, 6) is 0.0675. The third-order valence-electron chi connectivity index (χ3n) is 2.56. The first kappa shape index (κ1) is 18.0. The molecule has 0 amide bonds. The van der Waals surface area contributed by atoms with Gasteiger partial charge in [0.05, 0.1) is 5.75 Å². The summed E-state index contributed by atoms with van der Waals surface area (Å²) in [6.45, 7) is 2.15. The first-order chi connectivity index (χ1) is 8.20. The zero-order valence-corrected chi connectivity index (χ0v) is 11.8. The quantitative estimate of drug-likeness (QED) is 0.666. The van der Waals surface area contributed by atoms with Crippen LogP contribution in [0.25, 0.3) is 0 Å². The van der Waals surface area contributed by atoms with Crippen molar-refractivity contribution in [2.45, 2.75) is 38.8 Å². The molecule has 0 heterocycles. The van der Waals surface area contributed by atoms with Crippen molar-refractivity contribution in [1.82, 2.24) is 4.72 Å². The molecule has 0 bridgehead atoms. The maximum Gasteiger partial charge on any atom is 0.389 e. The summed E-state index contributed by atoms with van der Waals surface area (Å²) >= 11 is 5.56. The Labute approximate surface area is 111 Å². The molecule has 0 saturated carbocycles. The standard InChI is InChI=1S/C10H19ClF3NO2S/c1-2-9(4-6-11)8-15-18(16,17)7-3-5-10(12,13)14/h9,15H,2-8H2,1H3. The molecule has 0 aromatic heterocycles. The second-order valence-electron chi connectivity index (χ2n) is 4.14. The number of sulfonamides is 1. The van der Waals surface area contributed by atoms with Crippen molar-refractivity contribution in [3.05, 3.63) is 0 Å². The fourth-order valence-electron chi connectivity index (χ4n) is 1.38. The Morgan fingerprint density at radius 2 is 1.94 bits per heavy atom. The first-order valence-corrected chi connectivity index (χ1v) is 7.99. The van der Waals surface area contributed by atoms with Crippen LogP contribution in [-0.4, -0.2) is 32.8 Å². The number of rotatable bonds is 9. The zero-order valence-electron chi connectivity index (χ0n) is 10.3. The predicted octanol–water partition coefficient (Wildman–Crippen LogP) is 2.90. The fourth-order valence-corrected chi connectivity index (χ4v) is 2.85. The van der Waals surface area contributed by atoms with E-state index in [1.54, 1.807) is 0 Å². The van der Waals surface area contributed by atoms with E-state index in [0.717, 1.165) is 6.42 Å². The van der Waals surface area contributed by atoms with Gasteiger partial charge in [-0.1, -0.05) is 13.3 Å². The molecule has 8 heteroatoms. The summed E-state index contributed by atoms with van der Waals surface area (Å²) in [5.41, 5.74) is 0. The van der Waals surface area contributed by atoms with Gasteiger partial charge in [-0.2, -0.15) is 13.2 Å². The van der Waals surface area contributed by atoms with Gasteiger partial charge in [0.25, 0.3) is 0 Å². The van der Waals surface area contributed by atoms with Crippen molar-refractivity contribution in [1.29, 1.82) is 0 Å². The molecule has 0 aliphatic heterocycles. The summed E-state index contributed by atoms with van der Waals surface area (Å²) in [6.07, 6.45) is -4.33. The van der Waals surface area contributed by atoms with Gasteiger partial charge < -0.3 is 0 Å². The Hall–Kier alpha value is -0.0100. The van der Waals surface area contributed by atoms with Gasteiger partial charge in [-0.05, 0) is 18.8 Å². The second kappa shape index (κ2) is 8.22. The largest absolute Gasteiger partial charge is 0.389 e. The van der Waals surface area contributed by atoms with Crippen LogP contribution < -0.4 is 4.72 Å². The summed E-state index contributed by atoms with van der Waals surface area (Å²) in [6, 6.07) is 0. The van der Waals surface area contributed by atoms with Crippen molar-refractivity contribution in [2.24, 2.45) is 5.92 Å². The highest BCUT2D eigenvalue weighted by Gasteiger charge is 2.27. The van der Waals surface area contributed by atoms with Crippen molar-refractivity contribution >= 4 is 21.6 Å². The van der Waals surface area contributed by atoms with E-state index in [9.17, 15) is 21.6 Å². The lowest BCUT2D eigenvalue weighted by Crippen LogP contribution is -2.31. The Morgan fingerprint density at radius 1 is 1.33 bits per heavy atom. The maximum absolute atomic E-state index is 11.9. The molecular formula is C10H19ClF3NO2S. The summed E-state index contributed by atoms with van der Waals surface area (Å²) in [4.78, 5) is 0. The second-order valence-corrected chi connectivity index (χ2v) is 6.44. The van der Waals surface area contributed by atoms with E-state index in [1.165, 1.54) is 0 Å². The highest BCUT2D eigenvalue weighted by Crippen LogP contribution is 2.21. The lowest BCUT2D eigenvalue weighted by molar-refractivity contribution is -0.134. The SMILES string of the molecule is CCC(CCCl)CNS(=O)(=O)CCCC(F)(F)F. The molecule has 3 nitrogen and oxygen atoms in total. The van der Waals surface area contributed by atoms with E-state index >= 15 is 0 Å². The van der Waals surface area contributed by atoms with Gasteiger partial charge in [-0.15, -0.1) is 11.6 Å². The minimum Gasteiger partial charge on any atom is -0.215 e. The van der Waals surface area contributed by atoms with Crippen molar-refractivity contribution < 1.29 is 21.6 Å². The predicted molar refractivity (Wildman–Crippen MR) is 66.2 cm³/mol. The van der Waals surface area contributed by atoms with Crippen LogP contribution in [0.4, 0.5) is 13.2 Å². The minimum atomic E-state index is -4.31. The lowest BCUT2D eigenvalue weighted by atomic mass is 10.0. The third kappa shape index (κ3) is 9.96. The summed E-state index contributed by atoms with van der Waals surface area (Å²) < 4.78 is 60.8. The van der Waals surface area contributed by atoms with Gasteiger partial charge in [0.15, 0.2) is 0 Å². The molecule has 0 fully saturated rings. The van der Waals surface area contributed by atoms with Crippen LogP contribution in [0.1, 0.15) is 32.6 Å². The molecule has 0 aliphatic rings. The molecule has 1 unspecified atom stereocenters. The topological polar surface area (TPSA) is 46.2 Å². The van der Waals surface area contributed by atoms with Crippen LogP contribution in [0.15, 0.2) is 0 Å². The Balaban J connectivity index is 4.00. The third-order valence-corrected chi connectivity index (χ3v) is 4.21. The fraction of sp³-hybridized carbons (Fsp3) is 1.00. The van der Waals surface area contributed by atoms with Gasteiger partial charge in [-0.3, -0.25) is 0 Å². The normalized spacial score (nSPS) is 14.7. The molecule has 1 N–H and O–H groups in total. The van der Waals surface area contributed by atoms with Gasteiger partial charge in [0.2, 0.25) is 10.0 Å². The number of nitrogens with one attached hydrogen (secondary N) is 1. The van der Waals surface area contributed by atoms with Crippen molar-refractivity contribution in [3.8, 4) is 0 Å². The summed E-state index contributed by atoms with van der Waals surface area (Å²) in [7, 11) is -3.62. The molecule has 18 heavy (non-hydrogen) atoms. The molecule has 0 aliphatic carbocycles. The van der Waals surface area contributed by atoms with E-state index in [-0.39, 0.29) is 12.5 Å². The van der Waals surface area contributed by atoms with Crippen molar-refractivity contribution in [3.63, 3.8) is 0 Å². The number of hydrogen-bond donors (Lipinski definition) is 1. The van der Waals surface area contributed by atoms with Crippen LogP contribution in [0.5, 0.6) is 0 Å². The van der Waals surface area contributed by atoms with E-state index in [2.05, 4.69) is 4.72 Å². The highest BCUT2D eigenvalue weighted by molar-refractivity contribution is 7.89. The Kier molecular flexibility index (Phi) is 8.21. The molecule has 0 rings (SSSR count). The molecule has 110 valence electrons. The van der Waals surface area contributed by atoms with Gasteiger partial charge in [-0.25, -0.2) is 13.1 Å². The average Bonchev–Trinajstić information content (AvgIpc) is 2.22. The molecule has 0 aromatic rings. The van der Waals surface area contributed by atoms with Crippen LogP contribution >= 0.6 is 11.6 Å². The van der Waals surface area contributed by atoms with E-state index in [0.29, 0.717) is 12.3 Å². The van der Waals surface area contributed by atoms with Gasteiger partial charge in [0, 0.05) is 18.8 Å². The molecule has 1 atom stereocenters. The molecule has 0 spiro atoms. The first-order valence-electron chi connectivity index (χ1n) is 5.80. The van der Waals surface area contributed by atoms with E-state index in [1.807, 2.05) is 6.92 Å². The monoisotopic (exact) mass is 309 g/mol. The van der Waals surface area contributed by atoms with E-state index < -0.39 is 34.8 Å². The zero-order chi connectivity index (χ0) is 14.2. The Morgan fingerprint density at radius 3 is 2.39 bits per heavy atom. The average molecular weight is 310 g/mol. The Bertz CT molecular complexity index is 320. The summed E-state index contributed by atoms with van der Waals surface area (Å²) in [5, 5.41) is 0. The number of halogens is 4. The van der Waals surface area contributed by atoms with Crippen molar-refractivity contribution in [2.75, 3.05) is 18.2 Å².